The van der Waals surface area contributed by atoms with E-state index < -0.39 is 0 Å². The second-order valence-electron chi connectivity index (χ2n) is 2.58. The highest BCUT2D eigenvalue weighted by molar-refractivity contribution is 5.73. The summed E-state index contributed by atoms with van der Waals surface area (Å²) in [5, 5.41) is 6.06. The van der Waals surface area contributed by atoms with Crippen LogP contribution in [0.25, 0.3) is 11.0 Å². The summed E-state index contributed by atoms with van der Waals surface area (Å²) < 4.78 is 0. The molecule has 0 bridgehead atoms. The van der Waals surface area contributed by atoms with Crippen molar-refractivity contribution < 1.29 is 0 Å². The van der Waals surface area contributed by atoms with Crippen LogP contribution in [0.1, 0.15) is 0 Å². The fraction of sp³-hybridized carbons (Fsp3) is 0. The summed E-state index contributed by atoms with van der Waals surface area (Å²) >= 11 is 0. The molecule has 0 aliphatic heterocycles. The van der Waals surface area contributed by atoms with Gasteiger partial charge in [0.2, 0.25) is 0 Å². The Hall–Kier alpha value is -2.24. The highest BCUT2D eigenvalue weighted by Crippen LogP contribution is 2.03. The molecular formula is C8H11N5O. The van der Waals surface area contributed by atoms with Gasteiger partial charge < -0.3 is 21.4 Å². The summed E-state index contributed by atoms with van der Waals surface area (Å²) in [6, 6.07) is 7.47. The third-order valence-corrected chi connectivity index (χ3v) is 1.42. The molecule has 0 fully saturated rings. The van der Waals surface area contributed by atoms with Crippen molar-refractivity contribution in [3.05, 3.63) is 34.7 Å². The molecule has 14 heavy (non-hydrogen) atoms. The first kappa shape index (κ1) is 9.85. The van der Waals surface area contributed by atoms with Crippen LogP contribution >= 0.6 is 0 Å². The number of aromatic amines is 2. The van der Waals surface area contributed by atoms with Gasteiger partial charge in [-0.2, -0.15) is 0 Å². The Morgan fingerprint density at radius 2 is 1.50 bits per heavy atom. The van der Waals surface area contributed by atoms with E-state index >= 15 is 0 Å². The van der Waals surface area contributed by atoms with Crippen molar-refractivity contribution in [2.45, 2.75) is 0 Å². The number of hydrogen-bond acceptors (Lipinski definition) is 2. The average Bonchev–Trinajstić information content (AvgIpc) is 2.42. The van der Waals surface area contributed by atoms with Gasteiger partial charge in [-0.15, -0.1) is 0 Å². The van der Waals surface area contributed by atoms with Gasteiger partial charge in [0.1, 0.15) is 0 Å². The number of guanidine groups is 1. The molecule has 0 unspecified atom stereocenters. The zero-order valence-corrected chi connectivity index (χ0v) is 7.37. The molecule has 74 valence electrons. The monoisotopic (exact) mass is 193 g/mol. The topological polar surface area (TPSA) is 125 Å². The number of rotatable bonds is 0. The molecule has 1 aromatic carbocycles. The first-order valence-electron chi connectivity index (χ1n) is 3.86. The lowest BCUT2D eigenvalue weighted by molar-refractivity contribution is 1.22. The predicted octanol–water partition coefficient (Wildman–Crippen LogP) is -0.305. The van der Waals surface area contributed by atoms with Gasteiger partial charge in [0, 0.05) is 0 Å². The Labute approximate surface area is 79.4 Å². The Bertz CT molecular complexity index is 443. The number of fused-ring (bicyclic) bond motifs is 1. The van der Waals surface area contributed by atoms with Crippen molar-refractivity contribution >= 4 is 17.0 Å². The number of nitrogens with two attached hydrogens (primary N) is 2. The third-order valence-electron chi connectivity index (χ3n) is 1.42. The van der Waals surface area contributed by atoms with Crippen molar-refractivity contribution in [1.82, 2.24) is 9.97 Å². The van der Waals surface area contributed by atoms with Gasteiger partial charge >= 0.3 is 5.69 Å². The van der Waals surface area contributed by atoms with Crippen molar-refractivity contribution in [2.75, 3.05) is 0 Å². The van der Waals surface area contributed by atoms with Gasteiger partial charge in [0.05, 0.1) is 11.0 Å². The van der Waals surface area contributed by atoms with E-state index in [0.717, 1.165) is 11.0 Å². The molecule has 0 radical (unpaired) electrons. The maximum Gasteiger partial charge on any atom is 0.323 e. The average molecular weight is 193 g/mol. The molecule has 0 saturated carbocycles. The Morgan fingerprint density at radius 3 is 1.86 bits per heavy atom. The molecule has 2 aromatic rings. The summed E-state index contributed by atoms with van der Waals surface area (Å²) in [5.41, 5.74) is 10.5. The molecule has 1 heterocycles. The summed E-state index contributed by atoms with van der Waals surface area (Å²) in [4.78, 5) is 16.0. The zero-order chi connectivity index (χ0) is 10.6. The number of hydrogen-bond donors (Lipinski definition) is 5. The molecule has 0 amide bonds. The van der Waals surface area contributed by atoms with Gasteiger partial charge in [0.25, 0.3) is 0 Å². The molecular weight excluding hydrogens is 182 g/mol. The quantitative estimate of drug-likeness (QED) is 0.291. The van der Waals surface area contributed by atoms with E-state index in [9.17, 15) is 4.79 Å². The molecule has 1 aromatic heterocycles. The van der Waals surface area contributed by atoms with Crippen molar-refractivity contribution in [3.63, 3.8) is 0 Å². The van der Waals surface area contributed by atoms with E-state index in [4.69, 9.17) is 5.41 Å². The van der Waals surface area contributed by atoms with E-state index in [1.54, 1.807) is 0 Å². The lowest BCUT2D eigenvalue weighted by Gasteiger charge is -1.81. The minimum atomic E-state index is -0.333. The second-order valence-corrected chi connectivity index (χ2v) is 2.58. The maximum absolute atomic E-state index is 10.7. The lowest BCUT2D eigenvalue weighted by atomic mass is 10.3. The molecule has 0 aliphatic carbocycles. The number of benzene rings is 1. The van der Waals surface area contributed by atoms with E-state index in [2.05, 4.69) is 21.4 Å². The summed E-state index contributed by atoms with van der Waals surface area (Å²) in [5.74, 6) is -0.333. The Balaban J connectivity index is 0.000000213. The van der Waals surface area contributed by atoms with Crippen LogP contribution in [-0.2, 0) is 0 Å². The molecule has 0 atom stereocenters. The van der Waals surface area contributed by atoms with Crippen LogP contribution in [0.2, 0.25) is 0 Å². The molecule has 7 N–H and O–H groups in total. The minimum Gasteiger partial charge on any atom is -0.370 e. The fourth-order valence-electron chi connectivity index (χ4n) is 0.977. The first-order chi connectivity index (χ1) is 6.59. The molecule has 0 saturated heterocycles. The smallest absolute Gasteiger partial charge is 0.323 e. The molecule has 6 nitrogen and oxygen atoms in total. The Morgan fingerprint density at radius 1 is 1.14 bits per heavy atom. The normalized spacial score (nSPS) is 9.14. The predicted molar refractivity (Wildman–Crippen MR) is 55.0 cm³/mol. The van der Waals surface area contributed by atoms with Crippen LogP contribution in [0.3, 0.4) is 0 Å². The Kier molecular flexibility index (Phi) is 2.90. The van der Waals surface area contributed by atoms with Gasteiger partial charge in [-0.3, -0.25) is 5.41 Å². The van der Waals surface area contributed by atoms with Crippen molar-refractivity contribution in [1.29, 1.82) is 5.41 Å². The number of nitrogens with one attached hydrogen (secondary N) is 3. The number of imidazole rings is 1. The molecule has 0 spiro atoms. The van der Waals surface area contributed by atoms with Crippen LogP contribution in [0.4, 0.5) is 0 Å². The minimum absolute atomic E-state index is 0.152. The molecule has 6 heteroatoms. The van der Waals surface area contributed by atoms with E-state index in [1.165, 1.54) is 0 Å². The number of H-pyrrole nitrogens is 2. The molecule has 0 aliphatic rings. The number of para-hydroxylation sites is 2. The second kappa shape index (κ2) is 4.13. The van der Waals surface area contributed by atoms with Crippen molar-refractivity contribution in [2.24, 2.45) is 11.5 Å². The standard InChI is InChI=1S/C7H6N2O.CH5N3/c10-7-8-5-3-1-2-4-6(5)9-7;2-1(3)4/h1-4H,(H2,8,9,10);(H5,2,3,4). The van der Waals surface area contributed by atoms with E-state index in [-0.39, 0.29) is 11.6 Å². The lowest BCUT2D eigenvalue weighted by Crippen LogP contribution is -2.20. The molecule has 2 rings (SSSR count). The highest BCUT2D eigenvalue weighted by Gasteiger charge is 1.92. The van der Waals surface area contributed by atoms with Crippen LogP contribution in [0, 0.1) is 5.41 Å². The van der Waals surface area contributed by atoms with E-state index in [0.29, 0.717) is 0 Å². The van der Waals surface area contributed by atoms with Crippen LogP contribution in [0.5, 0.6) is 0 Å². The van der Waals surface area contributed by atoms with Crippen LogP contribution in [-0.4, -0.2) is 15.9 Å². The fourth-order valence-corrected chi connectivity index (χ4v) is 0.977. The van der Waals surface area contributed by atoms with Crippen LogP contribution < -0.4 is 17.2 Å². The maximum atomic E-state index is 10.7. The van der Waals surface area contributed by atoms with Crippen molar-refractivity contribution in [3.8, 4) is 0 Å². The number of aromatic nitrogens is 2. The third kappa shape index (κ3) is 2.67. The largest absolute Gasteiger partial charge is 0.370 e. The summed E-state index contributed by atoms with van der Waals surface area (Å²) in [6.07, 6.45) is 0. The van der Waals surface area contributed by atoms with Gasteiger partial charge in [-0.05, 0) is 12.1 Å². The van der Waals surface area contributed by atoms with Gasteiger partial charge in [0.15, 0.2) is 5.96 Å². The van der Waals surface area contributed by atoms with Gasteiger partial charge in [-0.25, -0.2) is 4.79 Å². The van der Waals surface area contributed by atoms with E-state index in [1.807, 2.05) is 24.3 Å². The first-order valence-corrected chi connectivity index (χ1v) is 3.86. The highest BCUT2D eigenvalue weighted by atomic mass is 16.1. The van der Waals surface area contributed by atoms with Gasteiger partial charge in [-0.1, -0.05) is 12.1 Å². The van der Waals surface area contributed by atoms with Crippen LogP contribution in [0.15, 0.2) is 29.1 Å². The zero-order valence-electron chi connectivity index (χ0n) is 7.37. The summed E-state index contributed by atoms with van der Waals surface area (Å²) in [7, 11) is 0. The summed E-state index contributed by atoms with van der Waals surface area (Å²) in [6.45, 7) is 0. The SMILES string of the molecule is N=C(N)N.O=c1[nH]c2ccccc2[nH]1.